The lowest BCUT2D eigenvalue weighted by molar-refractivity contribution is 0.109. The van der Waals surface area contributed by atoms with Crippen LogP contribution in [0.4, 0.5) is 5.82 Å². The molecule has 1 aliphatic heterocycles. The Balaban J connectivity index is 1.72. The van der Waals surface area contributed by atoms with Gasteiger partial charge in [0.25, 0.3) is 0 Å². The van der Waals surface area contributed by atoms with E-state index in [1.165, 1.54) is 0 Å². The fourth-order valence-corrected chi connectivity index (χ4v) is 3.67. The van der Waals surface area contributed by atoms with Crippen molar-refractivity contribution in [1.82, 2.24) is 14.5 Å². The maximum atomic E-state index is 9.81. The molecule has 0 spiro atoms. The summed E-state index contributed by atoms with van der Waals surface area (Å²) in [5.74, 6) is 1.41. The molecule has 1 aliphatic rings. The Kier molecular flexibility index (Phi) is 5.82. The van der Waals surface area contributed by atoms with Crippen LogP contribution in [-0.2, 0) is 24.3 Å². The van der Waals surface area contributed by atoms with Crippen LogP contribution in [-0.4, -0.2) is 34.9 Å². The average Bonchev–Trinajstić information content (AvgIpc) is 3.29. The molecule has 2 aromatic heterocycles. The number of anilines is 1. The van der Waals surface area contributed by atoms with E-state index in [0.717, 1.165) is 29.8 Å². The molecule has 3 aromatic rings. The first-order chi connectivity index (χ1) is 14.7. The Labute approximate surface area is 174 Å². The Bertz CT molecular complexity index is 1070. The van der Waals surface area contributed by atoms with Crippen molar-refractivity contribution in [2.75, 3.05) is 26.1 Å². The summed E-state index contributed by atoms with van der Waals surface area (Å²) in [4.78, 5) is 8.49. The summed E-state index contributed by atoms with van der Waals surface area (Å²) >= 11 is 0. The molecular weight excluding hydrogens is 382 g/mol. The number of nitrogens with zero attached hydrogens (tertiary/aromatic N) is 4. The standard InChI is InChI=1S/C22H23N5O3/c1-28-19-5-2-4-15(21(19)30-10-3-8-27-9-7-25-14-27)20-16(12-23)22(24)26-18-6-11-29-13-17(18)20/h2,4-5,7,9,14H,3,6,8,10-11,13H2,1H3,(H2,24,26). The van der Waals surface area contributed by atoms with Crippen molar-refractivity contribution in [3.8, 4) is 28.7 Å². The van der Waals surface area contributed by atoms with E-state index in [0.29, 0.717) is 48.9 Å². The molecule has 0 amide bonds. The number of para-hydroxylation sites is 1. The van der Waals surface area contributed by atoms with Gasteiger partial charge >= 0.3 is 0 Å². The Morgan fingerprint density at radius 1 is 1.37 bits per heavy atom. The lowest BCUT2D eigenvalue weighted by Gasteiger charge is -2.23. The van der Waals surface area contributed by atoms with Crippen molar-refractivity contribution in [2.24, 2.45) is 0 Å². The normalized spacial score (nSPS) is 12.8. The summed E-state index contributed by atoms with van der Waals surface area (Å²) in [5.41, 5.74) is 9.67. The van der Waals surface area contributed by atoms with Crippen molar-refractivity contribution in [2.45, 2.75) is 26.0 Å². The number of ether oxygens (including phenoxy) is 3. The highest BCUT2D eigenvalue weighted by Gasteiger charge is 2.25. The van der Waals surface area contributed by atoms with Crippen LogP contribution >= 0.6 is 0 Å². The number of nitrogens with two attached hydrogens (primary N) is 1. The first-order valence-corrected chi connectivity index (χ1v) is 9.78. The summed E-state index contributed by atoms with van der Waals surface area (Å²) in [5, 5.41) is 9.81. The number of methoxy groups -OCH3 is 1. The summed E-state index contributed by atoms with van der Waals surface area (Å²) < 4.78 is 19.4. The zero-order valence-electron chi connectivity index (χ0n) is 16.8. The summed E-state index contributed by atoms with van der Waals surface area (Å²) in [7, 11) is 1.60. The van der Waals surface area contributed by atoms with Gasteiger partial charge in [0.1, 0.15) is 17.5 Å². The molecule has 1 aromatic carbocycles. The number of imidazole rings is 1. The van der Waals surface area contributed by atoms with Gasteiger partial charge in [-0.25, -0.2) is 9.97 Å². The van der Waals surface area contributed by atoms with Gasteiger partial charge in [0.05, 0.1) is 39.0 Å². The van der Waals surface area contributed by atoms with Gasteiger partial charge in [-0.1, -0.05) is 12.1 Å². The first kappa shape index (κ1) is 19.7. The maximum Gasteiger partial charge on any atom is 0.169 e. The van der Waals surface area contributed by atoms with Crippen LogP contribution in [0.15, 0.2) is 36.9 Å². The monoisotopic (exact) mass is 405 g/mol. The number of aryl methyl sites for hydroxylation is 1. The average molecular weight is 405 g/mol. The van der Waals surface area contributed by atoms with Gasteiger partial charge in [-0.15, -0.1) is 0 Å². The van der Waals surface area contributed by atoms with Crippen LogP contribution in [0.2, 0.25) is 0 Å². The zero-order valence-corrected chi connectivity index (χ0v) is 16.8. The quantitative estimate of drug-likeness (QED) is 0.602. The summed E-state index contributed by atoms with van der Waals surface area (Å²) in [6, 6.07) is 7.85. The second-order valence-electron chi connectivity index (χ2n) is 6.93. The fourth-order valence-electron chi connectivity index (χ4n) is 3.67. The molecule has 0 atom stereocenters. The molecule has 0 radical (unpaired) electrons. The molecule has 0 saturated carbocycles. The van der Waals surface area contributed by atoms with E-state index < -0.39 is 0 Å². The number of benzene rings is 1. The third-order valence-electron chi connectivity index (χ3n) is 5.09. The van der Waals surface area contributed by atoms with E-state index in [2.05, 4.69) is 16.0 Å². The van der Waals surface area contributed by atoms with Gasteiger partial charge in [0, 0.05) is 42.0 Å². The molecule has 0 aliphatic carbocycles. The highest BCUT2D eigenvalue weighted by molar-refractivity contribution is 5.84. The minimum absolute atomic E-state index is 0.224. The van der Waals surface area contributed by atoms with Crippen LogP contribution in [0, 0.1) is 11.3 Å². The molecule has 30 heavy (non-hydrogen) atoms. The number of nitrogen functional groups attached to an aromatic ring is 1. The topological polar surface area (TPSA) is 108 Å². The Morgan fingerprint density at radius 3 is 3.03 bits per heavy atom. The van der Waals surface area contributed by atoms with E-state index >= 15 is 0 Å². The van der Waals surface area contributed by atoms with E-state index in [1.54, 1.807) is 19.6 Å². The molecule has 8 nitrogen and oxygen atoms in total. The number of hydrogen-bond acceptors (Lipinski definition) is 7. The van der Waals surface area contributed by atoms with Gasteiger partial charge < -0.3 is 24.5 Å². The van der Waals surface area contributed by atoms with E-state index in [-0.39, 0.29) is 5.82 Å². The maximum absolute atomic E-state index is 9.81. The molecule has 0 bridgehead atoms. The van der Waals surface area contributed by atoms with Crippen LogP contribution in [0.25, 0.3) is 11.1 Å². The number of fused-ring (bicyclic) bond motifs is 1. The number of pyridine rings is 1. The third-order valence-corrected chi connectivity index (χ3v) is 5.09. The highest BCUT2D eigenvalue weighted by atomic mass is 16.5. The van der Waals surface area contributed by atoms with Crippen molar-refractivity contribution in [3.05, 3.63) is 53.7 Å². The van der Waals surface area contributed by atoms with E-state index in [1.807, 2.05) is 29.0 Å². The van der Waals surface area contributed by atoms with Gasteiger partial charge in [-0.05, 0) is 12.5 Å². The van der Waals surface area contributed by atoms with Gasteiger partial charge in [0.2, 0.25) is 0 Å². The van der Waals surface area contributed by atoms with Crippen LogP contribution in [0.3, 0.4) is 0 Å². The fraction of sp³-hybridized carbons (Fsp3) is 0.318. The van der Waals surface area contributed by atoms with Crippen molar-refractivity contribution in [3.63, 3.8) is 0 Å². The predicted octanol–water partition coefficient (Wildman–Crippen LogP) is 2.95. The van der Waals surface area contributed by atoms with Gasteiger partial charge in [-0.3, -0.25) is 0 Å². The lowest BCUT2D eigenvalue weighted by atomic mass is 9.92. The molecule has 0 saturated heterocycles. The van der Waals surface area contributed by atoms with Crippen LogP contribution in [0.1, 0.15) is 23.2 Å². The molecule has 154 valence electrons. The Hall–Kier alpha value is -3.57. The van der Waals surface area contributed by atoms with Crippen molar-refractivity contribution >= 4 is 5.82 Å². The number of hydrogen-bond donors (Lipinski definition) is 1. The van der Waals surface area contributed by atoms with E-state index in [9.17, 15) is 5.26 Å². The number of rotatable bonds is 7. The minimum Gasteiger partial charge on any atom is -0.493 e. The summed E-state index contributed by atoms with van der Waals surface area (Å²) in [6.45, 7) is 2.23. The van der Waals surface area contributed by atoms with Crippen LogP contribution in [0.5, 0.6) is 11.5 Å². The van der Waals surface area contributed by atoms with Crippen molar-refractivity contribution < 1.29 is 14.2 Å². The predicted molar refractivity (Wildman–Crippen MR) is 111 cm³/mol. The zero-order chi connectivity index (χ0) is 20.9. The lowest BCUT2D eigenvalue weighted by Crippen LogP contribution is -2.16. The first-order valence-electron chi connectivity index (χ1n) is 9.78. The number of aromatic nitrogens is 3. The molecule has 0 unspecified atom stereocenters. The Morgan fingerprint density at radius 2 is 2.27 bits per heavy atom. The second kappa shape index (κ2) is 8.84. The van der Waals surface area contributed by atoms with Gasteiger partial charge in [0.15, 0.2) is 11.5 Å². The SMILES string of the molecule is COc1cccc(-c2c(C#N)c(N)nc3c2COCC3)c1OCCCn1ccnc1. The smallest absolute Gasteiger partial charge is 0.169 e. The van der Waals surface area contributed by atoms with E-state index in [4.69, 9.17) is 19.9 Å². The molecule has 2 N–H and O–H groups in total. The van der Waals surface area contributed by atoms with Gasteiger partial charge in [-0.2, -0.15) is 5.26 Å². The summed E-state index contributed by atoms with van der Waals surface area (Å²) in [6.07, 6.45) is 6.89. The highest BCUT2D eigenvalue weighted by Crippen LogP contribution is 2.43. The minimum atomic E-state index is 0.224. The second-order valence-corrected chi connectivity index (χ2v) is 6.93. The molecule has 3 heterocycles. The molecular formula is C22H23N5O3. The molecule has 4 rings (SSSR count). The molecule has 8 heteroatoms. The largest absolute Gasteiger partial charge is 0.493 e. The third kappa shape index (κ3) is 3.80. The van der Waals surface area contributed by atoms with Crippen LogP contribution < -0.4 is 15.2 Å². The molecule has 0 fully saturated rings. The van der Waals surface area contributed by atoms with Crippen molar-refractivity contribution in [1.29, 1.82) is 5.26 Å². The number of nitriles is 1.